The van der Waals surface area contributed by atoms with Crippen LogP contribution in [-0.2, 0) is 31.8 Å². The monoisotopic (exact) mass is 692 g/mol. The van der Waals surface area contributed by atoms with Gasteiger partial charge in [0.2, 0.25) is 0 Å². The standard InChI is InChI=1S/C43H64O7/c1-9-33(5)45-24-12-14-26-47-35(7)49-42-22-18-38(19-23-42)31-40-29-32(4)28-39(30-37-16-20-41(21-17-37)44-11-3)43(40)50-36(8)48-27-15-13-25-46-34(6)10-2/h16-23,28-29,33-36H,9-15,24-27,30-31H2,1-8H3. The van der Waals surface area contributed by atoms with E-state index in [0.29, 0.717) is 32.0 Å². The van der Waals surface area contributed by atoms with Crippen LogP contribution in [0.5, 0.6) is 17.2 Å². The van der Waals surface area contributed by atoms with Crippen molar-refractivity contribution in [3.8, 4) is 17.2 Å². The summed E-state index contributed by atoms with van der Waals surface area (Å²) in [7, 11) is 0. The summed E-state index contributed by atoms with van der Waals surface area (Å²) in [6.45, 7) is 20.0. The van der Waals surface area contributed by atoms with E-state index in [2.05, 4.69) is 71.0 Å². The number of hydrogen-bond donors (Lipinski definition) is 0. The molecule has 0 aliphatic rings. The summed E-state index contributed by atoms with van der Waals surface area (Å²) >= 11 is 0. The van der Waals surface area contributed by atoms with Crippen molar-refractivity contribution in [3.63, 3.8) is 0 Å². The molecule has 3 rings (SSSR count). The Hall–Kier alpha value is -3.10. The van der Waals surface area contributed by atoms with Crippen LogP contribution in [-0.4, -0.2) is 57.8 Å². The molecule has 0 heterocycles. The molecule has 4 atom stereocenters. The lowest BCUT2D eigenvalue weighted by Gasteiger charge is -2.22. The Balaban J connectivity index is 1.66. The Kier molecular flexibility index (Phi) is 19.3. The molecule has 4 unspecified atom stereocenters. The number of unbranched alkanes of at least 4 members (excludes halogenated alkanes) is 2. The molecular weight excluding hydrogens is 628 g/mol. The second-order valence-electron chi connectivity index (χ2n) is 13.2. The van der Waals surface area contributed by atoms with Crippen LogP contribution >= 0.6 is 0 Å². The van der Waals surface area contributed by atoms with Crippen molar-refractivity contribution < 1.29 is 33.2 Å². The number of ether oxygens (including phenoxy) is 7. The molecule has 0 bridgehead atoms. The number of benzene rings is 3. The Morgan fingerprint density at radius 2 is 0.940 bits per heavy atom. The third-order valence-electron chi connectivity index (χ3n) is 8.66. The average Bonchev–Trinajstić information content (AvgIpc) is 3.10. The maximum absolute atomic E-state index is 6.63. The Labute approximate surface area is 302 Å². The summed E-state index contributed by atoms with van der Waals surface area (Å²) in [5.41, 5.74) is 5.83. The van der Waals surface area contributed by atoms with Crippen LogP contribution in [0.15, 0.2) is 60.7 Å². The van der Waals surface area contributed by atoms with Gasteiger partial charge in [-0.2, -0.15) is 0 Å². The Bertz CT molecular complexity index is 1320. The molecule has 0 aromatic heterocycles. The van der Waals surface area contributed by atoms with Crippen LogP contribution in [0, 0.1) is 6.92 Å². The van der Waals surface area contributed by atoms with Gasteiger partial charge in [0, 0.05) is 26.1 Å². The van der Waals surface area contributed by atoms with E-state index in [1.807, 2.05) is 45.0 Å². The topological polar surface area (TPSA) is 64.6 Å². The predicted octanol–water partition coefficient (Wildman–Crippen LogP) is 10.2. The first kappa shape index (κ1) is 41.3. The van der Waals surface area contributed by atoms with Crippen molar-refractivity contribution >= 4 is 0 Å². The third-order valence-corrected chi connectivity index (χ3v) is 8.66. The first-order chi connectivity index (χ1) is 24.2. The highest BCUT2D eigenvalue weighted by Gasteiger charge is 2.17. The minimum atomic E-state index is -0.393. The van der Waals surface area contributed by atoms with Crippen molar-refractivity contribution in [2.75, 3.05) is 33.0 Å². The maximum atomic E-state index is 6.63. The van der Waals surface area contributed by atoms with Crippen LogP contribution in [0.1, 0.15) is 115 Å². The molecular formula is C43H64O7. The normalized spacial score (nSPS) is 13.8. The Morgan fingerprint density at radius 3 is 1.38 bits per heavy atom. The second kappa shape index (κ2) is 23.4. The molecule has 7 nitrogen and oxygen atoms in total. The zero-order chi connectivity index (χ0) is 36.1. The minimum Gasteiger partial charge on any atom is -0.494 e. The van der Waals surface area contributed by atoms with Crippen LogP contribution in [0.4, 0.5) is 0 Å². The van der Waals surface area contributed by atoms with E-state index >= 15 is 0 Å². The third kappa shape index (κ3) is 15.8. The first-order valence-electron chi connectivity index (χ1n) is 18.9. The number of aryl methyl sites for hydroxylation is 1. The van der Waals surface area contributed by atoms with Crippen molar-refractivity contribution in [1.29, 1.82) is 0 Å². The molecule has 0 radical (unpaired) electrons. The first-order valence-corrected chi connectivity index (χ1v) is 18.9. The Morgan fingerprint density at radius 1 is 0.520 bits per heavy atom. The van der Waals surface area contributed by atoms with Gasteiger partial charge >= 0.3 is 0 Å². The number of hydrogen-bond acceptors (Lipinski definition) is 7. The van der Waals surface area contributed by atoms with Gasteiger partial charge in [0.1, 0.15) is 17.2 Å². The fourth-order valence-corrected chi connectivity index (χ4v) is 5.48. The fourth-order valence-electron chi connectivity index (χ4n) is 5.48. The molecule has 0 amide bonds. The molecule has 0 aliphatic heterocycles. The lowest BCUT2D eigenvalue weighted by Crippen LogP contribution is -2.19. The highest BCUT2D eigenvalue weighted by Crippen LogP contribution is 2.32. The van der Waals surface area contributed by atoms with Crippen LogP contribution in [0.25, 0.3) is 0 Å². The molecule has 0 N–H and O–H groups in total. The van der Waals surface area contributed by atoms with E-state index in [-0.39, 0.29) is 6.29 Å². The van der Waals surface area contributed by atoms with Crippen LogP contribution < -0.4 is 14.2 Å². The van der Waals surface area contributed by atoms with Gasteiger partial charge in [0.15, 0.2) is 12.6 Å². The number of rotatable bonds is 26. The van der Waals surface area contributed by atoms with Gasteiger partial charge in [-0.25, -0.2) is 0 Å². The smallest absolute Gasteiger partial charge is 0.197 e. The van der Waals surface area contributed by atoms with Gasteiger partial charge in [-0.1, -0.05) is 55.8 Å². The molecule has 3 aromatic carbocycles. The molecule has 50 heavy (non-hydrogen) atoms. The fraction of sp³-hybridized carbons (Fsp3) is 0.581. The molecule has 0 saturated carbocycles. The largest absolute Gasteiger partial charge is 0.494 e. The molecule has 0 aliphatic carbocycles. The van der Waals surface area contributed by atoms with Gasteiger partial charge < -0.3 is 33.2 Å². The summed E-state index contributed by atoms with van der Waals surface area (Å²) in [6, 6.07) is 21.1. The second-order valence-corrected chi connectivity index (χ2v) is 13.2. The molecule has 0 spiro atoms. The van der Waals surface area contributed by atoms with Gasteiger partial charge in [-0.15, -0.1) is 0 Å². The SMILES string of the molecule is CCOc1ccc(Cc2cc(C)cc(Cc3ccc(OC(C)OCCCCOC(C)CC)cc3)c2OC(C)OCCCCOC(C)CC)cc1. The van der Waals surface area contributed by atoms with Crippen molar-refractivity contribution in [1.82, 2.24) is 0 Å². The van der Waals surface area contributed by atoms with Gasteiger partial charge in [0.05, 0.1) is 32.0 Å². The van der Waals surface area contributed by atoms with E-state index < -0.39 is 6.29 Å². The summed E-state index contributed by atoms with van der Waals surface area (Å²) in [6.07, 6.45) is 7.24. The summed E-state index contributed by atoms with van der Waals surface area (Å²) in [5.74, 6) is 2.55. The maximum Gasteiger partial charge on any atom is 0.197 e. The zero-order valence-corrected chi connectivity index (χ0v) is 32.1. The molecule has 3 aromatic rings. The summed E-state index contributed by atoms with van der Waals surface area (Å²) < 4.78 is 42.0. The van der Waals surface area contributed by atoms with E-state index in [1.54, 1.807) is 0 Å². The highest BCUT2D eigenvalue weighted by atomic mass is 16.7. The summed E-state index contributed by atoms with van der Waals surface area (Å²) in [4.78, 5) is 0. The lowest BCUT2D eigenvalue weighted by molar-refractivity contribution is -0.0700. The van der Waals surface area contributed by atoms with E-state index in [1.165, 1.54) is 16.7 Å². The average molecular weight is 693 g/mol. The van der Waals surface area contributed by atoms with Crippen LogP contribution in [0.2, 0.25) is 0 Å². The molecule has 7 heteroatoms. The van der Waals surface area contributed by atoms with Gasteiger partial charge in [-0.3, -0.25) is 0 Å². The molecule has 0 saturated heterocycles. The van der Waals surface area contributed by atoms with Crippen molar-refractivity contribution in [2.45, 2.75) is 132 Å². The summed E-state index contributed by atoms with van der Waals surface area (Å²) in [5, 5.41) is 0. The van der Waals surface area contributed by atoms with Crippen molar-refractivity contribution in [3.05, 3.63) is 88.5 Å². The quantitative estimate of drug-likeness (QED) is 0.0613. The molecule has 278 valence electrons. The minimum absolute atomic E-state index is 0.299. The molecule has 0 fully saturated rings. The van der Waals surface area contributed by atoms with Gasteiger partial charge in [-0.05, 0) is 127 Å². The zero-order valence-electron chi connectivity index (χ0n) is 32.1. The van der Waals surface area contributed by atoms with Crippen molar-refractivity contribution in [2.24, 2.45) is 0 Å². The van der Waals surface area contributed by atoms with E-state index in [9.17, 15) is 0 Å². The van der Waals surface area contributed by atoms with E-state index in [0.717, 1.165) is 93.0 Å². The van der Waals surface area contributed by atoms with E-state index in [4.69, 9.17) is 33.2 Å². The van der Waals surface area contributed by atoms with Gasteiger partial charge in [0.25, 0.3) is 0 Å². The predicted molar refractivity (Wildman–Crippen MR) is 203 cm³/mol. The highest BCUT2D eigenvalue weighted by molar-refractivity contribution is 5.49. The van der Waals surface area contributed by atoms with Crippen LogP contribution in [0.3, 0.4) is 0 Å². The lowest BCUT2D eigenvalue weighted by atomic mass is 9.95.